The van der Waals surface area contributed by atoms with E-state index in [1.54, 1.807) is 0 Å². The minimum absolute atomic E-state index is 0.0268. The molecule has 1 atom stereocenters. The molecule has 1 saturated heterocycles. The lowest BCUT2D eigenvalue weighted by atomic mass is 10.0. The van der Waals surface area contributed by atoms with Gasteiger partial charge in [-0.15, -0.1) is 0 Å². The Bertz CT molecular complexity index is 213. The molecule has 1 amide bonds. The van der Waals surface area contributed by atoms with E-state index in [0.29, 0.717) is 25.7 Å². The Labute approximate surface area is 85.7 Å². The summed E-state index contributed by atoms with van der Waals surface area (Å²) >= 11 is 0. The van der Waals surface area contributed by atoms with Crippen LogP contribution < -0.4 is 0 Å². The SMILES string of the molecule is C=CC(=O)N1CCOCC1CC(C)C. The Balaban J connectivity index is 2.58. The topological polar surface area (TPSA) is 29.5 Å². The second-order valence-corrected chi connectivity index (χ2v) is 4.09. The van der Waals surface area contributed by atoms with Crippen molar-refractivity contribution in [1.82, 2.24) is 4.90 Å². The number of morpholine rings is 1. The zero-order valence-corrected chi connectivity index (χ0v) is 9.03. The van der Waals surface area contributed by atoms with Crippen LogP contribution in [0.25, 0.3) is 0 Å². The molecule has 0 aliphatic carbocycles. The maximum Gasteiger partial charge on any atom is 0.246 e. The van der Waals surface area contributed by atoms with Gasteiger partial charge in [-0.2, -0.15) is 0 Å². The van der Waals surface area contributed by atoms with Gasteiger partial charge in [0.25, 0.3) is 0 Å². The molecule has 1 rings (SSSR count). The molecular weight excluding hydrogens is 178 g/mol. The summed E-state index contributed by atoms with van der Waals surface area (Å²) in [5, 5.41) is 0. The standard InChI is InChI=1S/C11H19NO2/c1-4-11(13)12-5-6-14-8-10(12)7-9(2)3/h4,9-10H,1,5-8H2,2-3H3. The number of carbonyl (C=O) groups excluding carboxylic acids is 1. The molecule has 0 aromatic heterocycles. The number of carbonyl (C=O) groups is 1. The Morgan fingerprint density at radius 1 is 1.71 bits per heavy atom. The van der Waals surface area contributed by atoms with Crippen LogP contribution in [0.2, 0.25) is 0 Å². The fourth-order valence-electron chi connectivity index (χ4n) is 1.80. The molecule has 1 aliphatic rings. The second kappa shape index (κ2) is 5.15. The molecule has 1 fully saturated rings. The minimum Gasteiger partial charge on any atom is -0.377 e. The van der Waals surface area contributed by atoms with E-state index in [1.807, 2.05) is 4.90 Å². The van der Waals surface area contributed by atoms with Crippen LogP contribution in [-0.2, 0) is 9.53 Å². The first-order chi connectivity index (χ1) is 6.65. The molecule has 0 aromatic rings. The average molecular weight is 197 g/mol. The maximum absolute atomic E-state index is 11.5. The van der Waals surface area contributed by atoms with Crippen molar-refractivity contribution in [2.75, 3.05) is 19.8 Å². The van der Waals surface area contributed by atoms with Gasteiger partial charge in [-0.25, -0.2) is 0 Å². The summed E-state index contributed by atoms with van der Waals surface area (Å²) in [5.74, 6) is 0.612. The van der Waals surface area contributed by atoms with E-state index in [9.17, 15) is 4.79 Å². The monoisotopic (exact) mass is 197 g/mol. The molecule has 0 radical (unpaired) electrons. The zero-order chi connectivity index (χ0) is 10.6. The Hall–Kier alpha value is -0.830. The van der Waals surface area contributed by atoms with Crippen molar-refractivity contribution in [2.24, 2.45) is 5.92 Å². The third-order valence-corrected chi connectivity index (χ3v) is 2.43. The van der Waals surface area contributed by atoms with Crippen molar-refractivity contribution < 1.29 is 9.53 Å². The van der Waals surface area contributed by atoms with Crippen molar-refractivity contribution in [3.05, 3.63) is 12.7 Å². The van der Waals surface area contributed by atoms with Crippen LogP contribution in [0.4, 0.5) is 0 Å². The fraction of sp³-hybridized carbons (Fsp3) is 0.727. The third-order valence-electron chi connectivity index (χ3n) is 2.43. The lowest BCUT2D eigenvalue weighted by Crippen LogP contribution is -2.48. The van der Waals surface area contributed by atoms with Crippen molar-refractivity contribution >= 4 is 5.91 Å². The van der Waals surface area contributed by atoms with Crippen molar-refractivity contribution in [1.29, 1.82) is 0 Å². The summed E-state index contributed by atoms with van der Waals surface area (Å²) in [6, 6.07) is 0.231. The highest BCUT2D eigenvalue weighted by Crippen LogP contribution is 2.15. The van der Waals surface area contributed by atoms with Gasteiger partial charge in [0.05, 0.1) is 19.3 Å². The zero-order valence-electron chi connectivity index (χ0n) is 9.03. The molecule has 3 nitrogen and oxygen atoms in total. The molecule has 14 heavy (non-hydrogen) atoms. The predicted molar refractivity (Wildman–Crippen MR) is 56.0 cm³/mol. The van der Waals surface area contributed by atoms with Gasteiger partial charge in [-0.05, 0) is 18.4 Å². The highest BCUT2D eigenvalue weighted by atomic mass is 16.5. The Morgan fingerprint density at radius 3 is 3.00 bits per heavy atom. The van der Waals surface area contributed by atoms with E-state index in [0.717, 1.165) is 6.42 Å². The van der Waals surface area contributed by atoms with E-state index in [2.05, 4.69) is 20.4 Å². The first-order valence-electron chi connectivity index (χ1n) is 5.16. The predicted octanol–water partition coefficient (Wildman–Crippen LogP) is 1.45. The van der Waals surface area contributed by atoms with Gasteiger partial charge in [0.15, 0.2) is 0 Å². The van der Waals surface area contributed by atoms with Crippen molar-refractivity contribution in [3.63, 3.8) is 0 Å². The van der Waals surface area contributed by atoms with Crippen LogP contribution in [0.1, 0.15) is 20.3 Å². The van der Waals surface area contributed by atoms with Crippen LogP contribution >= 0.6 is 0 Å². The molecule has 1 heterocycles. The number of hydrogen-bond acceptors (Lipinski definition) is 2. The maximum atomic E-state index is 11.5. The largest absolute Gasteiger partial charge is 0.377 e. The van der Waals surface area contributed by atoms with Gasteiger partial charge in [0.2, 0.25) is 5.91 Å². The van der Waals surface area contributed by atoms with Gasteiger partial charge >= 0.3 is 0 Å². The van der Waals surface area contributed by atoms with Crippen LogP contribution in [0.15, 0.2) is 12.7 Å². The van der Waals surface area contributed by atoms with E-state index in [4.69, 9.17) is 4.74 Å². The van der Waals surface area contributed by atoms with Gasteiger partial charge in [0.1, 0.15) is 0 Å². The summed E-state index contributed by atoms with van der Waals surface area (Å²) < 4.78 is 5.38. The molecule has 0 bridgehead atoms. The van der Waals surface area contributed by atoms with Gasteiger partial charge in [0, 0.05) is 6.54 Å². The number of rotatable bonds is 3. The van der Waals surface area contributed by atoms with Crippen molar-refractivity contribution in [3.8, 4) is 0 Å². The Morgan fingerprint density at radius 2 is 2.43 bits per heavy atom. The summed E-state index contributed by atoms with van der Waals surface area (Å²) in [6.07, 6.45) is 2.39. The number of hydrogen-bond donors (Lipinski definition) is 0. The summed E-state index contributed by atoms with van der Waals surface area (Å²) in [4.78, 5) is 13.4. The first-order valence-corrected chi connectivity index (χ1v) is 5.16. The minimum atomic E-state index is 0.0268. The molecule has 1 unspecified atom stereocenters. The van der Waals surface area contributed by atoms with Crippen LogP contribution in [-0.4, -0.2) is 36.6 Å². The van der Waals surface area contributed by atoms with Crippen molar-refractivity contribution in [2.45, 2.75) is 26.3 Å². The molecule has 80 valence electrons. The van der Waals surface area contributed by atoms with E-state index >= 15 is 0 Å². The Kier molecular flexibility index (Phi) is 4.14. The number of nitrogens with zero attached hydrogens (tertiary/aromatic N) is 1. The molecule has 0 saturated carbocycles. The third kappa shape index (κ3) is 2.84. The van der Waals surface area contributed by atoms with E-state index in [1.165, 1.54) is 6.08 Å². The van der Waals surface area contributed by atoms with Crippen LogP contribution in [0.5, 0.6) is 0 Å². The smallest absolute Gasteiger partial charge is 0.246 e. The fourth-order valence-corrected chi connectivity index (χ4v) is 1.80. The van der Waals surface area contributed by atoms with Crippen LogP contribution in [0, 0.1) is 5.92 Å². The summed E-state index contributed by atoms with van der Waals surface area (Å²) in [5.41, 5.74) is 0. The van der Waals surface area contributed by atoms with Crippen LogP contribution in [0.3, 0.4) is 0 Å². The number of amides is 1. The summed E-state index contributed by atoms with van der Waals surface area (Å²) in [7, 11) is 0. The second-order valence-electron chi connectivity index (χ2n) is 4.09. The van der Waals surface area contributed by atoms with Gasteiger partial charge < -0.3 is 9.64 Å². The molecule has 3 heteroatoms. The lowest BCUT2D eigenvalue weighted by molar-refractivity contribution is -0.135. The average Bonchev–Trinajstić information content (AvgIpc) is 2.16. The molecule has 1 aliphatic heterocycles. The molecule has 0 N–H and O–H groups in total. The lowest BCUT2D eigenvalue weighted by Gasteiger charge is -2.35. The van der Waals surface area contributed by atoms with Gasteiger partial charge in [-0.1, -0.05) is 20.4 Å². The van der Waals surface area contributed by atoms with E-state index in [-0.39, 0.29) is 11.9 Å². The quantitative estimate of drug-likeness (QED) is 0.641. The highest BCUT2D eigenvalue weighted by Gasteiger charge is 2.25. The first kappa shape index (κ1) is 11.2. The molecule has 0 spiro atoms. The van der Waals surface area contributed by atoms with Gasteiger partial charge in [-0.3, -0.25) is 4.79 Å². The highest BCUT2D eigenvalue weighted by molar-refractivity contribution is 5.87. The van der Waals surface area contributed by atoms with E-state index < -0.39 is 0 Å². The number of ether oxygens (including phenoxy) is 1. The molecular formula is C11H19NO2. The summed E-state index contributed by atoms with van der Waals surface area (Å²) in [6.45, 7) is 9.84. The normalized spacial score (nSPS) is 22.5. The molecule has 0 aromatic carbocycles.